The number of ketones is 1. The van der Waals surface area contributed by atoms with E-state index in [1.807, 2.05) is 0 Å². The molecule has 0 aromatic rings. The van der Waals surface area contributed by atoms with Crippen molar-refractivity contribution < 1.29 is 19.8 Å². The second-order valence-electron chi connectivity index (χ2n) is 2.16. The summed E-state index contributed by atoms with van der Waals surface area (Å²) >= 11 is 0. The number of aliphatic hydroxyl groups excluding tert-OH is 1. The number of rotatable bonds is 4. The summed E-state index contributed by atoms with van der Waals surface area (Å²) in [4.78, 5) is 20.4. The lowest BCUT2D eigenvalue weighted by atomic mass is 10.1. The number of hydrogen-bond donors (Lipinski definition) is 2. The zero-order valence-corrected chi connectivity index (χ0v) is 5.70. The maximum Gasteiger partial charge on any atom is 0.310 e. The number of aliphatic carboxylic acids is 1. The van der Waals surface area contributed by atoms with Crippen LogP contribution in [-0.4, -0.2) is 28.1 Å². The van der Waals surface area contributed by atoms with Crippen LogP contribution in [0.15, 0.2) is 0 Å². The number of Topliss-reactive ketones (excluding diaryl/α,β-unsaturated/α-hetero) is 1. The van der Waals surface area contributed by atoms with Crippen LogP contribution < -0.4 is 0 Å². The summed E-state index contributed by atoms with van der Waals surface area (Å²) in [7, 11) is 0. The van der Waals surface area contributed by atoms with Gasteiger partial charge < -0.3 is 10.2 Å². The maximum absolute atomic E-state index is 10.5. The molecule has 0 radical (unpaired) electrons. The first-order valence-corrected chi connectivity index (χ1v) is 2.94. The van der Waals surface area contributed by atoms with Crippen molar-refractivity contribution in [3.63, 3.8) is 0 Å². The second kappa shape index (κ2) is 4.00. The molecule has 0 unspecified atom stereocenters. The van der Waals surface area contributed by atoms with Gasteiger partial charge in [-0.1, -0.05) is 0 Å². The summed E-state index contributed by atoms with van der Waals surface area (Å²) in [6, 6.07) is 0. The van der Waals surface area contributed by atoms with Gasteiger partial charge in [-0.3, -0.25) is 9.59 Å². The quantitative estimate of drug-likeness (QED) is 0.538. The molecule has 0 saturated carbocycles. The Hall–Kier alpha value is -0.900. The predicted molar refractivity (Wildman–Crippen MR) is 33.6 cm³/mol. The third kappa shape index (κ3) is 5.24. The van der Waals surface area contributed by atoms with Crippen molar-refractivity contribution in [2.45, 2.75) is 25.9 Å². The number of hydrogen-bond acceptors (Lipinski definition) is 3. The van der Waals surface area contributed by atoms with Crippen LogP contribution in [0.5, 0.6) is 0 Å². The van der Waals surface area contributed by atoms with E-state index in [0.29, 0.717) is 0 Å². The molecule has 0 aromatic heterocycles. The molecule has 0 bridgehead atoms. The summed E-state index contributed by atoms with van der Waals surface area (Å²) in [6.45, 7) is 1.44. The molecule has 0 amide bonds. The number of carbonyl (C=O) groups is 2. The third-order valence-corrected chi connectivity index (χ3v) is 0.871. The lowest BCUT2D eigenvalue weighted by molar-refractivity contribution is -0.140. The van der Waals surface area contributed by atoms with Gasteiger partial charge in [-0.2, -0.15) is 0 Å². The Labute approximate surface area is 58.5 Å². The fourth-order valence-electron chi connectivity index (χ4n) is 0.570. The molecule has 0 fully saturated rings. The Morgan fingerprint density at radius 3 is 2.30 bits per heavy atom. The minimum Gasteiger partial charge on any atom is -0.481 e. The standard InChI is InChI=1S/C6H10O4/c1-4(7)2-5(8)3-6(9)10/h4,7H,2-3H2,1H3,(H,9,10)/t4-/m1/s1. The van der Waals surface area contributed by atoms with E-state index in [-0.39, 0.29) is 6.42 Å². The van der Waals surface area contributed by atoms with Crippen LogP contribution in [-0.2, 0) is 9.59 Å². The normalized spacial score (nSPS) is 12.6. The van der Waals surface area contributed by atoms with Crippen molar-refractivity contribution in [2.75, 3.05) is 0 Å². The summed E-state index contributed by atoms with van der Waals surface area (Å²) in [5.74, 6) is -1.59. The first kappa shape index (κ1) is 9.10. The number of carboxylic acids is 1. The van der Waals surface area contributed by atoms with E-state index in [1.54, 1.807) is 0 Å². The van der Waals surface area contributed by atoms with Gasteiger partial charge in [0.25, 0.3) is 0 Å². The van der Waals surface area contributed by atoms with E-state index in [2.05, 4.69) is 0 Å². The van der Waals surface area contributed by atoms with E-state index in [1.165, 1.54) is 6.92 Å². The van der Waals surface area contributed by atoms with Gasteiger partial charge in [0, 0.05) is 6.42 Å². The highest BCUT2D eigenvalue weighted by Crippen LogP contribution is 1.94. The van der Waals surface area contributed by atoms with Gasteiger partial charge in [-0.25, -0.2) is 0 Å². The molecule has 0 aliphatic heterocycles. The molecule has 58 valence electrons. The van der Waals surface area contributed by atoms with E-state index in [9.17, 15) is 9.59 Å². The molecule has 0 saturated heterocycles. The molecule has 0 aliphatic rings. The Morgan fingerprint density at radius 1 is 1.50 bits per heavy atom. The summed E-state index contributed by atoms with van der Waals surface area (Å²) in [5, 5.41) is 16.7. The molecule has 1 atom stereocenters. The van der Waals surface area contributed by atoms with E-state index in [0.717, 1.165) is 0 Å². The molecule has 4 nitrogen and oxygen atoms in total. The molecule has 0 rings (SSSR count). The third-order valence-electron chi connectivity index (χ3n) is 0.871. The Morgan fingerprint density at radius 2 is 2.00 bits per heavy atom. The molecular formula is C6H10O4. The van der Waals surface area contributed by atoms with E-state index >= 15 is 0 Å². The smallest absolute Gasteiger partial charge is 0.310 e. The van der Waals surface area contributed by atoms with Crippen LogP contribution >= 0.6 is 0 Å². The molecule has 4 heteroatoms. The molecule has 0 aliphatic carbocycles. The monoisotopic (exact) mass is 146 g/mol. The highest BCUT2D eigenvalue weighted by atomic mass is 16.4. The van der Waals surface area contributed by atoms with Crippen LogP contribution in [0, 0.1) is 0 Å². The summed E-state index contributed by atoms with van der Waals surface area (Å²) in [5.41, 5.74) is 0. The van der Waals surface area contributed by atoms with Crippen molar-refractivity contribution >= 4 is 11.8 Å². The number of aliphatic hydroxyl groups is 1. The molecule has 10 heavy (non-hydrogen) atoms. The van der Waals surface area contributed by atoms with Crippen molar-refractivity contribution in [3.05, 3.63) is 0 Å². The van der Waals surface area contributed by atoms with Crippen LogP contribution in [0.4, 0.5) is 0 Å². The van der Waals surface area contributed by atoms with Crippen molar-refractivity contribution in [2.24, 2.45) is 0 Å². The van der Waals surface area contributed by atoms with Gasteiger partial charge in [0.2, 0.25) is 0 Å². The number of carbonyl (C=O) groups excluding carboxylic acids is 1. The van der Waals surface area contributed by atoms with Crippen LogP contribution in [0.2, 0.25) is 0 Å². The number of carboxylic acid groups (broad SMARTS) is 1. The first-order valence-electron chi connectivity index (χ1n) is 2.94. The lowest BCUT2D eigenvalue weighted by Gasteiger charge is -1.99. The minimum atomic E-state index is -1.15. The van der Waals surface area contributed by atoms with Crippen molar-refractivity contribution in [1.29, 1.82) is 0 Å². The van der Waals surface area contributed by atoms with Gasteiger partial charge in [0.05, 0.1) is 6.10 Å². The summed E-state index contributed by atoms with van der Waals surface area (Å²) < 4.78 is 0. The Kier molecular flexibility index (Phi) is 3.64. The molecule has 0 heterocycles. The van der Waals surface area contributed by atoms with Gasteiger partial charge in [0.1, 0.15) is 12.2 Å². The topological polar surface area (TPSA) is 74.6 Å². The molecular weight excluding hydrogens is 136 g/mol. The minimum absolute atomic E-state index is 0.0771. The van der Waals surface area contributed by atoms with Gasteiger partial charge in [-0.15, -0.1) is 0 Å². The second-order valence-corrected chi connectivity index (χ2v) is 2.16. The predicted octanol–water partition coefficient (Wildman–Crippen LogP) is -0.199. The highest BCUT2D eigenvalue weighted by Gasteiger charge is 2.09. The lowest BCUT2D eigenvalue weighted by Crippen LogP contribution is -2.12. The maximum atomic E-state index is 10.5. The Balaban J connectivity index is 3.54. The molecule has 2 N–H and O–H groups in total. The van der Waals surface area contributed by atoms with E-state index in [4.69, 9.17) is 10.2 Å². The fourth-order valence-corrected chi connectivity index (χ4v) is 0.570. The molecule has 0 aromatic carbocycles. The van der Waals surface area contributed by atoms with Gasteiger partial charge in [0.15, 0.2) is 0 Å². The zero-order valence-electron chi connectivity index (χ0n) is 5.70. The first-order chi connectivity index (χ1) is 4.52. The zero-order chi connectivity index (χ0) is 8.15. The van der Waals surface area contributed by atoms with Crippen molar-refractivity contribution in [3.8, 4) is 0 Å². The summed E-state index contributed by atoms with van der Waals surface area (Å²) in [6.07, 6.45) is -1.32. The average molecular weight is 146 g/mol. The Bertz CT molecular complexity index is 139. The highest BCUT2D eigenvalue weighted by molar-refractivity contribution is 5.94. The van der Waals surface area contributed by atoms with Crippen LogP contribution in [0.1, 0.15) is 19.8 Å². The van der Waals surface area contributed by atoms with Gasteiger partial charge in [-0.05, 0) is 6.92 Å². The average Bonchev–Trinajstić information content (AvgIpc) is 1.58. The van der Waals surface area contributed by atoms with Gasteiger partial charge >= 0.3 is 5.97 Å². The van der Waals surface area contributed by atoms with Crippen LogP contribution in [0.25, 0.3) is 0 Å². The molecule has 0 spiro atoms. The largest absolute Gasteiger partial charge is 0.481 e. The SMILES string of the molecule is C[C@@H](O)CC(=O)CC(=O)O. The van der Waals surface area contributed by atoms with Crippen LogP contribution in [0.3, 0.4) is 0 Å². The van der Waals surface area contributed by atoms with E-state index < -0.39 is 24.3 Å². The van der Waals surface area contributed by atoms with Crippen molar-refractivity contribution in [1.82, 2.24) is 0 Å². The fraction of sp³-hybridized carbons (Fsp3) is 0.667.